The first-order valence-electron chi connectivity index (χ1n) is 8.47. The number of hydrogen-bond acceptors (Lipinski definition) is 6. The topological polar surface area (TPSA) is 69.2 Å². The number of aliphatic hydroxyl groups excluding tert-OH is 1. The van der Waals surface area contributed by atoms with Crippen LogP contribution in [0.5, 0.6) is 11.5 Å². The van der Waals surface area contributed by atoms with Gasteiger partial charge < -0.3 is 19.3 Å². The van der Waals surface area contributed by atoms with Crippen LogP contribution in [0.15, 0.2) is 24.3 Å². The first-order valence-corrected chi connectivity index (χ1v) is 8.47. The largest absolute Gasteiger partial charge is 0.493 e. The molecule has 2 fully saturated rings. The molecule has 2 heterocycles. The minimum absolute atomic E-state index is 0.175. The fraction of sp³-hybridized carbons (Fsp3) is 0.556. The predicted octanol–water partition coefficient (Wildman–Crippen LogP) is 2.02. The van der Waals surface area contributed by atoms with Crippen molar-refractivity contribution in [3.05, 3.63) is 29.8 Å². The molecule has 24 heavy (non-hydrogen) atoms. The maximum atomic E-state index is 10.0. The van der Waals surface area contributed by atoms with Crippen molar-refractivity contribution >= 4 is 5.70 Å². The van der Waals surface area contributed by atoms with E-state index in [1.807, 2.05) is 18.2 Å². The summed E-state index contributed by atoms with van der Waals surface area (Å²) in [6, 6.07) is 5.78. The van der Waals surface area contributed by atoms with E-state index in [0.717, 1.165) is 36.9 Å². The highest BCUT2D eigenvalue weighted by Crippen LogP contribution is 2.37. The first kappa shape index (κ1) is 15.7. The molecule has 6 nitrogen and oxygen atoms in total. The predicted molar refractivity (Wildman–Crippen MR) is 87.6 cm³/mol. The van der Waals surface area contributed by atoms with Crippen LogP contribution in [0.1, 0.15) is 31.2 Å². The molecule has 130 valence electrons. The maximum Gasteiger partial charge on any atom is 0.162 e. The zero-order valence-corrected chi connectivity index (χ0v) is 13.8. The van der Waals surface area contributed by atoms with Crippen LogP contribution >= 0.6 is 0 Å². The van der Waals surface area contributed by atoms with Crippen molar-refractivity contribution < 1.29 is 24.2 Å². The van der Waals surface area contributed by atoms with Crippen LogP contribution in [-0.4, -0.2) is 43.2 Å². The highest BCUT2D eigenvalue weighted by Gasteiger charge is 2.39. The molecule has 1 aromatic carbocycles. The second kappa shape index (κ2) is 6.27. The third kappa shape index (κ3) is 2.85. The Labute approximate surface area is 141 Å². The van der Waals surface area contributed by atoms with Gasteiger partial charge in [-0.3, -0.25) is 10.3 Å². The summed E-state index contributed by atoms with van der Waals surface area (Å²) in [4.78, 5) is 5.74. The van der Waals surface area contributed by atoms with E-state index in [-0.39, 0.29) is 11.7 Å². The van der Waals surface area contributed by atoms with Crippen molar-refractivity contribution in [2.45, 2.75) is 43.5 Å². The number of benzene rings is 1. The van der Waals surface area contributed by atoms with E-state index in [4.69, 9.17) is 19.0 Å². The Morgan fingerprint density at radius 2 is 2.21 bits per heavy atom. The molecule has 1 aliphatic carbocycles. The fourth-order valence-electron chi connectivity index (χ4n) is 3.52. The lowest BCUT2D eigenvalue weighted by molar-refractivity contribution is -0.0373. The summed E-state index contributed by atoms with van der Waals surface area (Å²) in [7, 11) is 1.62. The van der Waals surface area contributed by atoms with Gasteiger partial charge in [-0.1, -0.05) is 0 Å². The zero-order valence-electron chi connectivity index (χ0n) is 13.8. The number of nitrogens with one attached hydrogen (secondary N) is 1. The lowest BCUT2D eigenvalue weighted by Gasteiger charge is -2.19. The van der Waals surface area contributed by atoms with Crippen LogP contribution in [0.4, 0.5) is 0 Å². The summed E-state index contributed by atoms with van der Waals surface area (Å²) in [6.07, 6.45) is 4.97. The molecular formula is C18H23NO5. The third-order valence-corrected chi connectivity index (χ3v) is 4.96. The summed E-state index contributed by atoms with van der Waals surface area (Å²) in [5.41, 5.74) is 4.51. The van der Waals surface area contributed by atoms with Gasteiger partial charge in [0.1, 0.15) is 11.7 Å². The Bertz CT molecular complexity index is 638. The normalized spacial score (nSPS) is 32.0. The van der Waals surface area contributed by atoms with Crippen molar-refractivity contribution in [1.82, 2.24) is 5.48 Å². The van der Waals surface area contributed by atoms with Gasteiger partial charge in [0, 0.05) is 18.6 Å². The number of hydroxylamine groups is 1. The van der Waals surface area contributed by atoms with Crippen LogP contribution in [0, 0.1) is 0 Å². The van der Waals surface area contributed by atoms with E-state index in [1.165, 1.54) is 0 Å². The fourth-order valence-corrected chi connectivity index (χ4v) is 3.52. The van der Waals surface area contributed by atoms with E-state index < -0.39 is 6.10 Å². The number of rotatable bonds is 4. The molecule has 1 saturated heterocycles. The average molecular weight is 333 g/mol. The Balaban J connectivity index is 1.59. The molecule has 1 spiro atoms. The summed E-state index contributed by atoms with van der Waals surface area (Å²) in [6.45, 7) is 1.28. The molecule has 0 aromatic heterocycles. The number of aliphatic hydroxyl groups is 1. The molecule has 3 aliphatic rings. The Morgan fingerprint density at radius 1 is 1.29 bits per heavy atom. The lowest BCUT2D eigenvalue weighted by atomic mass is 10.0. The smallest absolute Gasteiger partial charge is 0.162 e. The van der Waals surface area contributed by atoms with Crippen molar-refractivity contribution in [2.24, 2.45) is 0 Å². The van der Waals surface area contributed by atoms with E-state index >= 15 is 0 Å². The van der Waals surface area contributed by atoms with E-state index in [1.54, 1.807) is 7.11 Å². The molecule has 2 aliphatic heterocycles. The Kier molecular flexibility index (Phi) is 4.12. The first-order chi connectivity index (χ1) is 11.7. The quantitative estimate of drug-likeness (QED) is 0.879. The number of methoxy groups -OCH3 is 1. The van der Waals surface area contributed by atoms with Crippen molar-refractivity contribution in [2.75, 3.05) is 20.3 Å². The SMILES string of the molecule is COc1ccc(C2=CC3(CCOC3)ON2)cc1OC1CCCC1O. The van der Waals surface area contributed by atoms with E-state index in [9.17, 15) is 5.11 Å². The van der Waals surface area contributed by atoms with Crippen molar-refractivity contribution in [3.63, 3.8) is 0 Å². The monoisotopic (exact) mass is 333 g/mol. The molecule has 1 aromatic rings. The summed E-state index contributed by atoms with van der Waals surface area (Å²) in [5, 5.41) is 10.0. The van der Waals surface area contributed by atoms with Crippen LogP contribution in [0.2, 0.25) is 0 Å². The standard InChI is InChI=1S/C18H23NO5/c1-21-16-6-5-12(9-17(16)23-15-4-2-3-14(15)20)13-10-18(24-19-13)7-8-22-11-18/h5-6,9-10,14-15,19-20H,2-4,7-8,11H2,1H3. The lowest BCUT2D eigenvalue weighted by Crippen LogP contribution is -2.29. The van der Waals surface area contributed by atoms with Gasteiger partial charge >= 0.3 is 0 Å². The number of ether oxygens (including phenoxy) is 3. The number of hydrogen-bond donors (Lipinski definition) is 2. The van der Waals surface area contributed by atoms with Gasteiger partial charge in [0.2, 0.25) is 0 Å². The molecule has 2 N–H and O–H groups in total. The average Bonchev–Trinajstić information content (AvgIpc) is 3.32. The van der Waals surface area contributed by atoms with Crippen molar-refractivity contribution in [3.8, 4) is 11.5 Å². The molecule has 3 atom stereocenters. The van der Waals surface area contributed by atoms with Crippen LogP contribution < -0.4 is 15.0 Å². The molecule has 0 amide bonds. The Hall–Kier alpha value is -1.76. The minimum atomic E-state index is -0.413. The van der Waals surface area contributed by atoms with Gasteiger partial charge in [-0.05, 0) is 43.5 Å². The molecule has 0 radical (unpaired) electrons. The Morgan fingerprint density at radius 3 is 2.92 bits per heavy atom. The molecular weight excluding hydrogens is 310 g/mol. The van der Waals surface area contributed by atoms with Crippen LogP contribution in [0.25, 0.3) is 5.70 Å². The second-order valence-electron chi connectivity index (χ2n) is 6.65. The van der Waals surface area contributed by atoms with Gasteiger partial charge in [0.05, 0.1) is 25.5 Å². The molecule has 0 bridgehead atoms. The van der Waals surface area contributed by atoms with Gasteiger partial charge in [-0.15, -0.1) is 0 Å². The minimum Gasteiger partial charge on any atom is -0.493 e. The summed E-state index contributed by atoms with van der Waals surface area (Å²) < 4.78 is 16.9. The van der Waals surface area contributed by atoms with Gasteiger partial charge in [0.15, 0.2) is 11.5 Å². The highest BCUT2D eigenvalue weighted by molar-refractivity contribution is 5.68. The third-order valence-electron chi connectivity index (χ3n) is 4.96. The molecule has 4 rings (SSSR count). The van der Waals surface area contributed by atoms with Crippen molar-refractivity contribution in [1.29, 1.82) is 0 Å². The molecule has 1 saturated carbocycles. The van der Waals surface area contributed by atoms with Gasteiger partial charge in [-0.25, -0.2) is 0 Å². The van der Waals surface area contributed by atoms with Crippen LogP contribution in [-0.2, 0) is 9.57 Å². The summed E-state index contributed by atoms with van der Waals surface area (Å²) >= 11 is 0. The molecule has 3 unspecified atom stereocenters. The zero-order chi connectivity index (χ0) is 16.6. The summed E-state index contributed by atoms with van der Waals surface area (Å²) in [5.74, 6) is 1.31. The van der Waals surface area contributed by atoms with Gasteiger partial charge in [-0.2, -0.15) is 0 Å². The highest BCUT2D eigenvalue weighted by atomic mass is 16.7. The van der Waals surface area contributed by atoms with E-state index in [2.05, 4.69) is 11.6 Å². The van der Waals surface area contributed by atoms with E-state index in [0.29, 0.717) is 24.7 Å². The maximum absolute atomic E-state index is 10.0. The van der Waals surface area contributed by atoms with Crippen LogP contribution in [0.3, 0.4) is 0 Å². The molecule has 6 heteroatoms. The second-order valence-corrected chi connectivity index (χ2v) is 6.65. The van der Waals surface area contributed by atoms with Gasteiger partial charge in [0.25, 0.3) is 0 Å².